The van der Waals surface area contributed by atoms with Gasteiger partial charge in [0.15, 0.2) is 0 Å². The van der Waals surface area contributed by atoms with Crippen LogP contribution in [0.5, 0.6) is 0 Å². The Bertz CT molecular complexity index is 722. The summed E-state index contributed by atoms with van der Waals surface area (Å²) in [5.41, 5.74) is 0.177. The van der Waals surface area contributed by atoms with Crippen LogP contribution in [0.1, 0.15) is 42.5 Å². The van der Waals surface area contributed by atoms with Crippen LogP contribution in [-0.2, 0) is 9.53 Å². The summed E-state index contributed by atoms with van der Waals surface area (Å²) in [7, 11) is 0. The Hall–Kier alpha value is -1.63. The average molecular weight is 407 g/mol. The molecule has 1 atom stereocenters. The number of aliphatic hydroxyl groups excluding tert-OH is 1. The Labute approximate surface area is 170 Å². The predicted octanol–water partition coefficient (Wildman–Crippen LogP) is 2.33. The molecule has 1 amide bonds. The van der Waals surface area contributed by atoms with E-state index in [0.29, 0.717) is 36.5 Å². The first-order chi connectivity index (χ1) is 13.4. The standard InChI is InChI=1S/C21H27ClN2O4/c22-16-3-1-15(2-4-16)19(26)24-11-7-21(8-12-24)13-18(28-20(21)27)14-23-9-5-17(25)6-10-23/h1-4,17-18,25H,5-14H2. The minimum Gasteiger partial charge on any atom is -0.461 e. The number of rotatable bonds is 3. The van der Waals surface area contributed by atoms with Gasteiger partial charge in [0.25, 0.3) is 5.91 Å². The molecule has 152 valence electrons. The van der Waals surface area contributed by atoms with Crippen LogP contribution in [-0.4, -0.2) is 71.7 Å². The average Bonchev–Trinajstić information content (AvgIpc) is 2.99. The number of nitrogens with zero attached hydrogens (tertiary/aromatic N) is 2. The quantitative estimate of drug-likeness (QED) is 0.780. The lowest BCUT2D eigenvalue weighted by Crippen LogP contribution is -2.45. The van der Waals surface area contributed by atoms with Crippen molar-refractivity contribution in [1.82, 2.24) is 9.80 Å². The number of aliphatic hydroxyl groups is 1. The van der Waals surface area contributed by atoms with Crippen molar-refractivity contribution in [1.29, 1.82) is 0 Å². The minimum absolute atomic E-state index is 0.0127. The maximum atomic E-state index is 12.7. The van der Waals surface area contributed by atoms with Crippen LogP contribution < -0.4 is 0 Å². The molecule has 0 radical (unpaired) electrons. The Morgan fingerprint density at radius 3 is 2.43 bits per heavy atom. The van der Waals surface area contributed by atoms with E-state index >= 15 is 0 Å². The van der Waals surface area contributed by atoms with E-state index in [1.165, 1.54) is 0 Å². The molecule has 3 fully saturated rings. The highest BCUT2D eigenvalue weighted by molar-refractivity contribution is 6.30. The molecule has 3 aliphatic heterocycles. The van der Waals surface area contributed by atoms with Crippen LogP contribution >= 0.6 is 11.6 Å². The molecule has 7 heteroatoms. The van der Waals surface area contributed by atoms with Crippen LogP contribution in [0.3, 0.4) is 0 Å². The summed E-state index contributed by atoms with van der Waals surface area (Å²) in [5.74, 6) is -0.116. The third-order valence-corrected chi connectivity index (χ3v) is 6.69. The molecule has 0 aromatic heterocycles. The van der Waals surface area contributed by atoms with Gasteiger partial charge in [-0.3, -0.25) is 14.5 Å². The number of likely N-dealkylation sites (tertiary alicyclic amines) is 2. The molecule has 28 heavy (non-hydrogen) atoms. The lowest BCUT2D eigenvalue weighted by atomic mass is 9.76. The van der Waals surface area contributed by atoms with Gasteiger partial charge in [0.2, 0.25) is 0 Å². The number of halogens is 1. The number of carbonyl (C=O) groups is 2. The highest BCUT2D eigenvalue weighted by Gasteiger charge is 2.51. The summed E-state index contributed by atoms with van der Waals surface area (Å²) in [5, 5.41) is 10.3. The first-order valence-electron chi connectivity index (χ1n) is 10.1. The number of amides is 1. The summed E-state index contributed by atoms with van der Waals surface area (Å²) in [6.45, 7) is 3.59. The number of esters is 1. The SMILES string of the molecule is O=C(c1ccc(Cl)cc1)N1CCC2(CC1)CC(CN1CCC(O)CC1)OC2=O. The first-order valence-corrected chi connectivity index (χ1v) is 10.5. The number of hydrogen-bond acceptors (Lipinski definition) is 5. The molecule has 0 saturated carbocycles. The van der Waals surface area contributed by atoms with Gasteiger partial charge >= 0.3 is 5.97 Å². The topological polar surface area (TPSA) is 70.1 Å². The zero-order chi connectivity index (χ0) is 19.7. The van der Waals surface area contributed by atoms with Gasteiger partial charge in [-0.15, -0.1) is 0 Å². The smallest absolute Gasteiger partial charge is 0.312 e. The normalized spacial score (nSPS) is 25.9. The largest absolute Gasteiger partial charge is 0.461 e. The second-order valence-corrected chi connectivity index (χ2v) is 8.78. The summed E-state index contributed by atoms with van der Waals surface area (Å²) < 4.78 is 5.72. The van der Waals surface area contributed by atoms with Crippen molar-refractivity contribution in [3.05, 3.63) is 34.9 Å². The van der Waals surface area contributed by atoms with E-state index in [9.17, 15) is 14.7 Å². The van der Waals surface area contributed by atoms with E-state index in [4.69, 9.17) is 16.3 Å². The van der Waals surface area contributed by atoms with Gasteiger partial charge < -0.3 is 14.7 Å². The molecule has 1 N–H and O–H groups in total. The van der Waals surface area contributed by atoms with E-state index in [0.717, 1.165) is 38.9 Å². The van der Waals surface area contributed by atoms with Crippen molar-refractivity contribution >= 4 is 23.5 Å². The highest BCUT2D eigenvalue weighted by Crippen LogP contribution is 2.43. The third kappa shape index (κ3) is 4.04. The van der Waals surface area contributed by atoms with E-state index in [-0.39, 0.29) is 24.1 Å². The fourth-order valence-corrected chi connectivity index (χ4v) is 4.78. The lowest BCUT2D eigenvalue weighted by Gasteiger charge is -2.36. The Morgan fingerprint density at radius 1 is 1.14 bits per heavy atom. The van der Waals surface area contributed by atoms with Gasteiger partial charge in [-0.05, 0) is 49.9 Å². The van der Waals surface area contributed by atoms with Gasteiger partial charge in [-0.2, -0.15) is 0 Å². The maximum absolute atomic E-state index is 12.7. The molecule has 1 aromatic rings. The van der Waals surface area contributed by atoms with Crippen LogP contribution in [0.4, 0.5) is 0 Å². The van der Waals surface area contributed by atoms with Gasteiger partial charge in [0.05, 0.1) is 11.5 Å². The predicted molar refractivity (Wildman–Crippen MR) is 105 cm³/mol. The monoisotopic (exact) mass is 406 g/mol. The third-order valence-electron chi connectivity index (χ3n) is 6.44. The van der Waals surface area contributed by atoms with Crippen molar-refractivity contribution in [2.24, 2.45) is 5.41 Å². The second-order valence-electron chi connectivity index (χ2n) is 8.34. The zero-order valence-corrected chi connectivity index (χ0v) is 16.7. The summed E-state index contributed by atoms with van der Waals surface area (Å²) >= 11 is 5.90. The fraction of sp³-hybridized carbons (Fsp3) is 0.619. The molecule has 1 aromatic carbocycles. The van der Waals surface area contributed by atoms with Crippen LogP contribution in [0.2, 0.25) is 5.02 Å². The Morgan fingerprint density at radius 2 is 1.79 bits per heavy atom. The van der Waals surface area contributed by atoms with Crippen molar-refractivity contribution in [2.75, 3.05) is 32.7 Å². The first kappa shape index (κ1) is 19.7. The maximum Gasteiger partial charge on any atom is 0.312 e. The van der Waals surface area contributed by atoms with Crippen LogP contribution in [0.15, 0.2) is 24.3 Å². The minimum atomic E-state index is -0.448. The van der Waals surface area contributed by atoms with Crippen molar-refractivity contribution in [3.8, 4) is 0 Å². The van der Waals surface area contributed by atoms with Crippen molar-refractivity contribution in [3.63, 3.8) is 0 Å². The van der Waals surface area contributed by atoms with E-state index < -0.39 is 5.41 Å². The van der Waals surface area contributed by atoms with Crippen molar-refractivity contribution < 1.29 is 19.4 Å². The molecule has 4 rings (SSSR count). The van der Waals surface area contributed by atoms with Gasteiger partial charge in [-0.1, -0.05) is 11.6 Å². The van der Waals surface area contributed by atoms with Gasteiger partial charge in [0.1, 0.15) is 6.10 Å². The van der Waals surface area contributed by atoms with E-state index in [1.54, 1.807) is 24.3 Å². The van der Waals surface area contributed by atoms with Crippen molar-refractivity contribution in [2.45, 2.75) is 44.3 Å². The fourth-order valence-electron chi connectivity index (χ4n) is 4.65. The number of benzene rings is 1. The highest BCUT2D eigenvalue weighted by atomic mass is 35.5. The molecular weight excluding hydrogens is 380 g/mol. The molecule has 0 bridgehead atoms. The molecule has 1 unspecified atom stereocenters. The van der Waals surface area contributed by atoms with Crippen LogP contribution in [0.25, 0.3) is 0 Å². The molecule has 0 aliphatic carbocycles. The number of piperidine rings is 2. The number of ether oxygens (including phenoxy) is 1. The zero-order valence-electron chi connectivity index (χ0n) is 16.0. The molecular formula is C21H27ClN2O4. The number of cyclic esters (lactones) is 1. The summed E-state index contributed by atoms with van der Waals surface area (Å²) in [6.07, 6.45) is 3.33. The second kappa shape index (κ2) is 8.01. The number of carbonyl (C=O) groups excluding carboxylic acids is 2. The molecule has 3 heterocycles. The van der Waals surface area contributed by atoms with E-state index in [1.807, 2.05) is 4.90 Å². The van der Waals surface area contributed by atoms with Gasteiger partial charge in [0, 0.05) is 49.7 Å². The molecule has 1 spiro atoms. The Balaban J connectivity index is 1.32. The van der Waals surface area contributed by atoms with Crippen LogP contribution in [0, 0.1) is 5.41 Å². The lowest BCUT2D eigenvalue weighted by molar-refractivity contribution is -0.151. The van der Waals surface area contributed by atoms with E-state index in [2.05, 4.69) is 4.90 Å². The number of hydrogen-bond donors (Lipinski definition) is 1. The Kier molecular flexibility index (Phi) is 5.63. The summed E-state index contributed by atoms with van der Waals surface area (Å²) in [6, 6.07) is 6.92. The molecule has 3 saturated heterocycles. The summed E-state index contributed by atoms with van der Waals surface area (Å²) in [4.78, 5) is 29.4. The molecule has 3 aliphatic rings. The molecule has 6 nitrogen and oxygen atoms in total. The van der Waals surface area contributed by atoms with Gasteiger partial charge in [-0.25, -0.2) is 0 Å².